The van der Waals surface area contributed by atoms with E-state index < -0.39 is 0 Å². The van der Waals surface area contributed by atoms with Crippen LogP contribution in [0.1, 0.15) is 5.76 Å². The summed E-state index contributed by atoms with van der Waals surface area (Å²) in [6.07, 6.45) is 0. The lowest BCUT2D eigenvalue weighted by atomic mass is 10.1. The minimum Gasteiger partial charge on any atom is -0.416 e. The van der Waals surface area contributed by atoms with E-state index in [4.69, 9.17) is 8.94 Å². The molecule has 0 N–H and O–H groups in total. The molecule has 0 saturated carbocycles. The molecule has 5 heteroatoms. The first kappa shape index (κ1) is 13.5. The summed E-state index contributed by atoms with van der Waals surface area (Å²) >= 11 is 0. The molecule has 23 heavy (non-hydrogen) atoms. The lowest BCUT2D eigenvalue weighted by Gasteiger charge is -1.98. The average Bonchev–Trinajstić information content (AvgIpc) is 3.23. The van der Waals surface area contributed by atoms with E-state index >= 15 is 0 Å². The van der Waals surface area contributed by atoms with Crippen molar-refractivity contribution >= 4 is 0 Å². The fourth-order valence-corrected chi connectivity index (χ4v) is 2.44. The van der Waals surface area contributed by atoms with E-state index in [0.29, 0.717) is 23.2 Å². The minimum absolute atomic E-state index is 0.404. The molecule has 0 radical (unpaired) electrons. The Hall–Kier alpha value is -3.21. The second-order valence-electron chi connectivity index (χ2n) is 5.11. The largest absolute Gasteiger partial charge is 0.416 e. The molecule has 0 aliphatic carbocycles. The highest BCUT2D eigenvalue weighted by Crippen LogP contribution is 2.34. The molecule has 0 aliphatic rings. The number of nitrogens with zero attached hydrogens (tertiary/aromatic N) is 3. The van der Waals surface area contributed by atoms with Crippen LogP contribution in [-0.4, -0.2) is 15.4 Å². The smallest absolute Gasteiger partial charge is 0.254 e. The summed E-state index contributed by atoms with van der Waals surface area (Å²) in [6, 6.07) is 19.4. The van der Waals surface area contributed by atoms with Gasteiger partial charge in [-0.05, 0) is 19.1 Å². The van der Waals surface area contributed by atoms with Gasteiger partial charge in [0.1, 0.15) is 17.0 Å². The zero-order valence-electron chi connectivity index (χ0n) is 12.4. The maximum atomic E-state index is 5.83. The first-order chi connectivity index (χ1) is 11.3. The summed E-state index contributed by atoms with van der Waals surface area (Å²) in [5, 5.41) is 12.4. The van der Waals surface area contributed by atoms with E-state index in [1.54, 1.807) is 0 Å². The number of rotatable bonds is 3. The second kappa shape index (κ2) is 5.53. The Bertz CT molecular complexity index is 927. The molecule has 2 heterocycles. The van der Waals surface area contributed by atoms with Gasteiger partial charge in [-0.1, -0.05) is 53.7 Å². The number of hydrogen-bond donors (Lipinski definition) is 0. The summed E-state index contributed by atoms with van der Waals surface area (Å²) in [4.78, 5) is 0. The SMILES string of the molecule is Cc1onc(-c2ccccc2)c1-c1nnc(-c2ccccc2)o1. The highest BCUT2D eigenvalue weighted by Gasteiger charge is 2.22. The molecule has 0 unspecified atom stereocenters. The highest BCUT2D eigenvalue weighted by atomic mass is 16.5. The van der Waals surface area contributed by atoms with Gasteiger partial charge in [0.05, 0.1) is 0 Å². The van der Waals surface area contributed by atoms with Gasteiger partial charge in [0.2, 0.25) is 5.89 Å². The predicted octanol–water partition coefficient (Wildman–Crippen LogP) is 4.37. The molecule has 0 amide bonds. The van der Waals surface area contributed by atoms with Gasteiger partial charge in [0.25, 0.3) is 5.89 Å². The Morgan fingerprint density at radius 2 is 1.35 bits per heavy atom. The van der Waals surface area contributed by atoms with E-state index in [2.05, 4.69) is 15.4 Å². The van der Waals surface area contributed by atoms with E-state index in [-0.39, 0.29) is 0 Å². The summed E-state index contributed by atoms with van der Waals surface area (Å²) < 4.78 is 11.2. The van der Waals surface area contributed by atoms with Gasteiger partial charge in [-0.25, -0.2) is 0 Å². The molecule has 2 aromatic carbocycles. The predicted molar refractivity (Wildman–Crippen MR) is 85.4 cm³/mol. The van der Waals surface area contributed by atoms with Gasteiger partial charge in [0, 0.05) is 11.1 Å². The normalized spacial score (nSPS) is 10.8. The van der Waals surface area contributed by atoms with Gasteiger partial charge in [0.15, 0.2) is 0 Å². The molecular formula is C18H13N3O2. The van der Waals surface area contributed by atoms with E-state index in [9.17, 15) is 0 Å². The first-order valence-electron chi connectivity index (χ1n) is 7.24. The van der Waals surface area contributed by atoms with Crippen LogP contribution in [0.15, 0.2) is 69.6 Å². The molecule has 0 atom stereocenters. The number of aromatic nitrogens is 3. The van der Waals surface area contributed by atoms with Crippen molar-refractivity contribution in [3.05, 3.63) is 66.4 Å². The van der Waals surface area contributed by atoms with Crippen LogP contribution in [0.3, 0.4) is 0 Å². The standard InChI is InChI=1S/C18H13N3O2/c1-12-15(16(21-23-12)13-8-4-2-5-9-13)18-20-19-17(22-18)14-10-6-3-7-11-14/h2-11H,1H3. The Labute approximate surface area is 132 Å². The summed E-state index contributed by atoms with van der Waals surface area (Å²) in [7, 11) is 0. The van der Waals surface area contributed by atoms with E-state index in [0.717, 1.165) is 16.7 Å². The van der Waals surface area contributed by atoms with Crippen LogP contribution in [0, 0.1) is 6.92 Å². The lowest BCUT2D eigenvalue weighted by molar-refractivity contribution is 0.399. The molecular weight excluding hydrogens is 290 g/mol. The molecule has 5 nitrogen and oxygen atoms in total. The third kappa shape index (κ3) is 2.42. The Morgan fingerprint density at radius 1 is 0.739 bits per heavy atom. The zero-order chi connectivity index (χ0) is 15.6. The molecule has 0 aliphatic heterocycles. The molecule has 0 fully saturated rings. The Morgan fingerprint density at radius 3 is 2.04 bits per heavy atom. The van der Waals surface area contributed by atoms with Gasteiger partial charge in [-0.2, -0.15) is 0 Å². The first-order valence-corrected chi connectivity index (χ1v) is 7.24. The van der Waals surface area contributed by atoms with Crippen molar-refractivity contribution in [1.82, 2.24) is 15.4 Å². The van der Waals surface area contributed by atoms with Crippen molar-refractivity contribution in [3.63, 3.8) is 0 Å². The van der Waals surface area contributed by atoms with Crippen LogP contribution < -0.4 is 0 Å². The van der Waals surface area contributed by atoms with Crippen LogP contribution in [0.4, 0.5) is 0 Å². The fourth-order valence-electron chi connectivity index (χ4n) is 2.44. The molecule has 0 bridgehead atoms. The van der Waals surface area contributed by atoms with Crippen LogP contribution in [-0.2, 0) is 0 Å². The fraction of sp³-hybridized carbons (Fsp3) is 0.0556. The third-order valence-electron chi connectivity index (χ3n) is 3.57. The van der Waals surface area contributed by atoms with Crippen LogP contribution in [0.25, 0.3) is 34.2 Å². The monoisotopic (exact) mass is 303 g/mol. The quantitative estimate of drug-likeness (QED) is 0.562. The van der Waals surface area contributed by atoms with Crippen LogP contribution in [0.2, 0.25) is 0 Å². The number of benzene rings is 2. The van der Waals surface area contributed by atoms with E-state index in [1.807, 2.05) is 67.6 Å². The van der Waals surface area contributed by atoms with Gasteiger partial charge < -0.3 is 8.94 Å². The zero-order valence-corrected chi connectivity index (χ0v) is 12.4. The summed E-state index contributed by atoms with van der Waals surface area (Å²) in [6.45, 7) is 1.83. The van der Waals surface area contributed by atoms with Gasteiger partial charge >= 0.3 is 0 Å². The highest BCUT2D eigenvalue weighted by molar-refractivity contribution is 5.78. The number of hydrogen-bond acceptors (Lipinski definition) is 5. The van der Waals surface area contributed by atoms with Crippen LogP contribution >= 0.6 is 0 Å². The molecule has 4 rings (SSSR count). The number of aryl methyl sites for hydroxylation is 1. The topological polar surface area (TPSA) is 65.0 Å². The molecule has 2 aromatic heterocycles. The molecule has 0 saturated heterocycles. The van der Waals surface area contributed by atoms with Gasteiger partial charge in [-0.15, -0.1) is 10.2 Å². The summed E-state index contributed by atoms with van der Waals surface area (Å²) in [5.74, 6) is 1.52. The van der Waals surface area contributed by atoms with E-state index in [1.165, 1.54) is 0 Å². The van der Waals surface area contributed by atoms with Crippen LogP contribution in [0.5, 0.6) is 0 Å². The second-order valence-corrected chi connectivity index (χ2v) is 5.11. The summed E-state index contributed by atoms with van der Waals surface area (Å²) in [5.41, 5.74) is 3.25. The van der Waals surface area contributed by atoms with Crippen molar-refractivity contribution < 1.29 is 8.94 Å². The molecule has 0 spiro atoms. The lowest BCUT2D eigenvalue weighted by Crippen LogP contribution is -1.84. The average molecular weight is 303 g/mol. The maximum absolute atomic E-state index is 5.83. The Balaban J connectivity index is 1.81. The molecule has 112 valence electrons. The third-order valence-corrected chi connectivity index (χ3v) is 3.57. The Kier molecular flexibility index (Phi) is 3.24. The van der Waals surface area contributed by atoms with Crippen molar-refractivity contribution in [2.75, 3.05) is 0 Å². The maximum Gasteiger partial charge on any atom is 0.254 e. The van der Waals surface area contributed by atoms with Crippen molar-refractivity contribution in [2.24, 2.45) is 0 Å². The minimum atomic E-state index is 0.404. The van der Waals surface area contributed by atoms with Crippen molar-refractivity contribution in [3.8, 4) is 34.2 Å². The van der Waals surface area contributed by atoms with Gasteiger partial charge in [-0.3, -0.25) is 0 Å². The molecule has 4 aromatic rings. The van der Waals surface area contributed by atoms with Crippen molar-refractivity contribution in [1.29, 1.82) is 0 Å². The van der Waals surface area contributed by atoms with Crippen molar-refractivity contribution in [2.45, 2.75) is 6.92 Å².